The van der Waals surface area contributed by atoms with Crippen molar-refractivity contribution in [3.63, 3.8) is 0 Å². The first-order valence-electron chi connectivity index (χ1n) is 7.99. The standard InChI is InChI=1S/C19H14BrClN2O2S2/c20-13-3-1-2-12(10-13)11-16-18(25)23(19(26)27-16)9-8-17(24)22-15-6-4-14(21)5-7-15/h1-7,10-11H,8-9H2,(H,22,24)/b16-11-. The van der Waals surface area contributed by atoms with Crippen LogP contribution < -0.4 is 5.32 Å². The van der Waals surface area contributed by atoms with Gasteiger partial charge in [-0.05, 0) is 48.0 Å². The van der Waals surface area contributed by atoms with Crippen molar-refractivity contribution in [2.24, 2.45) is 0 Å². The first kappa shape index (κ1) is 20.1. The molecule has 0 unspecified atom stereocenters. The number of benzene rings is 2. The topological polar surface area (TPSA) is 49.4 Å². The van der Waals surface area contributed by atoms with Crippen molar-refractivity contribution >= 4 is 79.4 Å². The normalized spacial score (nSPS) is 15.5. The van der Waals surface area contributed by atoms with Crippen LogP contribution in [0.2, 0.25) is 5.02 Å². The molecule has 1 aliphatic rings. The van der Waals surface area contributed by atoms with Gasteiger partial charge in [0.2, 0.25) is 5.91 Å². The predicted octanol–water partition coefficient (Wildman–Crippen LogP) is 5.33. The summed E-state index contributed by atoms with van der Waals surface area (Å²) in [4.78, 5) is 26.7. The number of nitrogens with zero attached hydrogens (tertiary/aromatic N) is 1. The molecule has 2 amide bonds. The summed E-state index contributed by atoms with van der Waals surface area (Å²) in [6, 6.07) is 14.5. The number of thioether (sulfide) groups is 1. The van der Waals surface area contributed by atoms with Gasteiger partial charge in [-0.2, -0.15) is 0 Å². The molecule has 2 aromatic carbocycles. The maximum Gasteiger partial charge on any atom is 0.266 e. The van der Waals surface area contributed by atoms with E-state index in [1.165, 1.54) is 16.7 Å². The van der Waals surface area contributed by atoms with Gasteiger partial charge in [0.25, 0.3) is 5.91 Å². The molecule has 0 spiro atoms. The van der Waals surface area contributed by atoms with Crippen molar-refractivity contribution in [2.45, 2.75) is 6.42 Å². The maximum absolute atomic E-state index is 12.6. The van der Waals surface area contributed by atoms with Crippen LogP contribution >= 0.6 is 51.5 Å². The largest absolute Gasteiger partial charge is 0.326 e. The highest BCUT2D eigenvalue weighted by Gasteiger charge is 2.32. The fourth-order valence-corrected chi connectivity index (χ4v) is 4.26. The molecule has 8 heteroatoms. The van der Waals surface area contributed by atoms with E-state index in [-0.39, 0.29) is 24.8 Å². The molecule has 1 aliphatic heterocycles. The SMILES string of the molecule is O=C(CCN1C(=O)/C(=C/c2cccc(Br)c2)SC1=S)Nc1ccc(Cl)cc1. The molecule has 1 fully saturated rings. The van der Waals surface area contributed by atoms with Crippen LogP contribution in [0.15, 0.2) is 57.9 Å². The van der Waals surface area contributed by atoms with Crippen LogP contribution in [-0.4, -0.2) is 27.6 Å². The summed E-state index contributed by atoms with van der Waals surface area (Å²) < 4.78 is 1.39. The van der Waals surface area contributed by atoms with Crippen molar-refractivity contribution in [1.29, 1.82) is 0 Å². The van der Waals surface area contributed by atoms with E-state index < -0.39 is 0 Å². The van der Waals surface area contributed by atoms with Gasteiger partial charge >= 0.3 is 0 Å². The molecular weight excluding hydrogens is 468 g/mol. The molecule has 0 bridgehead atoms. The van der Waals surface area contributed by atoms with Crippen molar-refractivity contribution in [3.05, 3.63) is 68.5 Å². The molecular formula is C19H14BrClN2O2S2. The van der Waals surface area contributed by atoms with Crippen molar-refractivity contribution in [3.8, 4) is 0 Å². The zero-order chi connectivity index (χ0) is 19.4. The first-order valence-corrected chi connectivity index (χ1v) is 10.4. The number of hydrogen-bond acceptors (Lipinski definition) is 4. The van der Waals surface area contributed by atoms with E-state index >= 15 is 0 Å². The molecule has 0 saturated carbocycles. The second-order valence-electron chi connectivity index (χ2n) is 5.69. The van der Waals surface area contributed by atoms with E-state index in [9.17, 15) is 9.59 Å². The Morgan fingerprint density at radius 3 is 2.70 bits per heavy atom. The van der Waals surface area contributed by atoms with Gasteiger partial charge in [0.15, 0.2) is 0 Å². The smallest absolute Gasteiger partial charge is 0.266 e. The molecule has 138 valence electrons. The van der Waals surface area contributed by atoms with Gasteiger partial charge in [0, 0.05) is 28.1 Å². The zero-order valence-corrected chi connectivity index (χ0v) is 17.9. The van der Waals surface area contributed by atoms with Gasteiger partial charge in [0.05, 0.1) is 4.91 Å². The number of thiocarbonyl (C=S) groups is 1. The maximum atomic E-state index is 12.6. The summed E-state index contributed by atoms with van der Waals surface area (Å²) in [6.07, 6.45) is 1.96. The third-order valence-corrected chi connectivity index (χ3v) is 5.83. The number of halogens is 2. The monoisotopic (exact) mass is 480 g/mol. The summed E-state index contributed by atoms with van der Waals surface area (Å²) in [7, 11) is 0. The number of nitrogens with one attached hydrogen (secondary N) is 1. The molecule has 0 atom stereocenters. The van der Waals surface area contributed by atoms with Crippen molar-refractivity contribution in [2.75, 3.05) is 11.9 Å². The lowest BCUT2D eigenvalue weighted by Crippen LogP contribution is -2.31. The van der Waals surface area contributed by atoms with E-state index in [4.69, 9.17) is 23.8 Å². The Kier molecular flexibility index (Phi) is 6.70. The van der Waals surface area contributed by atoms with Crippen LogP contribution in [0.3, 0.4) is 0 Å². The molecule has 1 heterocycles. The van der Waals surface area contributed by atoms with Crippen LogP contribution in [0, 0.1) is 0 Å². The Morgan fingerprint density at radius 1 is 1.26 bits per heavy atom. The van der Waals surface area contributed by atoms with E-state index in [1.54, 1.807) is 30.3 Å². The van der Waals surface area contributed by atoms with Gasteiger partial charge in [-0.3, -0.25) is 14.5 Å². The third-order valence-electron chi connectivity index (χ3n) is 3.71. The lowest BCUT2D eigenvalue weighted by Gasteiger charge is -2.14. The lowest BCUT2D eigenvalue weighted by atomic mass is 10.2. The minimum Gasteiger partial charge on any atom is -0.326 e. The Labute approximate surface area is 180 Å². The molecule has 4 nitrogen and oxygen atoms in total. The summed E-state index contributed by atoms with van der Waals surface area (Å²) in [5, 5.41) is 3.37. The van der Waals surface area contributed by atoms with Gasteiger partial charge < -0.3 is 5.32 Å². The Bertz CT molecular complexity index is 932. The fourth-order valence-electron chi connectivity index (χ4n) is 2.41. The highest BCUT2D eigenvalue weighted by atomic mass is 79.9. The fraction of sp³-hybridized carbons (Fsp3) is 0.105. The minimum atomic E-state index is -0.192. The van der Waals surface area contributed by atoms with Crippen LogP contribution in [0.25, 0.3) is 6.08 Å². The molecule has 0 aliphatic carbocycles. The summed E-state index contributed by atoms with van der Waals surface area (Å²) >= 11 is 15.8. The summed E-state index contributed by atoms with van der Waals surface area (Å²) in [5.41, 5.74) is 1.56. The van der Waals surface area contributed by atoms with E-state index in [0.717, 1.165) is 10.0 Å². The minimum absolute atomic E-state index is 0.152. The third kappa shape index (κ3) is 5.42. The van der Waals surface area contributed by atoms with E-state index in [0.29, 0.717) is 19.9 Å². The average molecular weight is 482 g/mol. The van der Waals surface area contributed by atoms with Gasteiger partial charge in [-0.1, -0.05) is 63.6 Å². The second kappa shape index (κ2) is 9.01. The number of carbonyl (C=O) groups is 2. The summed E-state index contributed by atoms with van der Waals surface area (Å²) in [6.45, 7) is 0.236. The average Bonchev–Trinajstić information content (AvgIpc) is 2.88. The molecule has 1 N–H and O–H groups in total. The second-order valence-corrected chi connectivity index (χ2v) is 8.72. The van der Waals surface area contributed by atoms with Crippen molar-refractivity contribution < 1.29 is 9.59 Å². The highest BCUT2D eigenvalue weighted by Crippen LogP contribution is 2.33. The summed E-state index contributed by atoms with van der Waals surface area (Å²) in [5.74, 6) is -0.369. The lowest BCUT2D eigenvalue weighted by molar-refractivity contribution is -0.122. The molecule has 0 aromatic heterocycles. The number of hydrogen-bond donors (Lipinski definition) is 1. The highest BCUT2D eigenvalue weighted by molar-refractivity contribution is 9.10. The van der Waals surface area contributed by atoms with Gasteiger partial charge in [0.1, 0.15) is 4.32 Å². The number of rotatable bonds is 5. The Balaban J connectivity index is 1.60. The first-order chi connectivity index (χ1) is 12.9. The van der Waals surface area contributed by atoms with Crippen molar-refractivity contribution in [1.82, 2.24) is 4.90 Å². The van der Waals surface area contributed by atoms with Crippen LogP contribution in [0.1, 0.15) is 12.0 Å². The molecule has 27 heavy (non-hydrogen) atoms. The molecule has 3 rings (SSSR count). The van der Waals surface area contributed by atoms with Crippen LogP contribution in [-0.2, 0) is 9.59 Å². The van der Waals surface area contributed by atoms with Gasteiger partial charge in [-0.25, -0.2) is 0 Å². The van der Waals surface area contributed by atoms with E-state index in [1.807, 2.05) is 24.3 Å². The van der Waals surface area contributed by atoms with Gasteiger partial charge in [-0.15, -0.1) is 0 Å². The molecule has 0 radical (unpaired) electrons. The zero-order valence-electron chi connectivity index (χ0n) is 13.9. The number of anilines is 1. The van der Waals surface area contributed by atoms with Crippen LogP contribution in [0.5, 0.6) is 0 Å². The van der Waals surface area contributed by atoms with E-state index in [2.05, 4.69) is 21.2 Å². The number of carbonyl (C=O) groups excluding carboxylic acids is 2. The quantitative estimate of drug-likeness (QED) is 0.463. The Hall–Kier alpha value is -1.67. The molecule has 2 aromatic rings. The Morgan fingerprint density at radius 2 is 2.00 bits per heavy atom. The predicted molar refractivity (Wildman–Crippen MR) is 119 cm³/mol. The number of amides is 2. The molecule has 1 saturated heterocycles. The van der Waals surface area contributed by atoms with Crippen LogP contribution in [0.4, 0.5) is 5.69 Å².